The summed E-state index contributed by atoms with van der Waals surface area (Å²) >= 11 is 4.57. The average molecular weight is 383 g/mol. The molecule has 6 nitrogen and oxygen atoms in total. The van der Waals surface area contributed by atoms with E-state index in [1.165, 1.54) is 11.5 Å². The van der Waals surface area contributed by atoms with Crippen LogP contribution in [0.3, 0.4) is 0 Å². The summed E-state index contributed by atoms with van der Waals surface area (Å²) in [5.74, 6) is 0.559. The maximum Gasteiger partial charge on any atom is 0.267 e. The molecule has 0 spiro atoms. The van der Waals surface area contributed by atoms with Gasteiger partial charge in [0.05, 0.1) is 23.3 Å². The van der Waals surface area contributed by atoms with Crippen LogP contribution in [0.15, 0.2) is 22.8 Å². The lowest BCUT2D eigenvalue weighted by molar-refractivity contribution is 0.0159. The van der Waals surface area contributed by atoms with Gasteiger partial charge in [-0.05, 0) is 46.0 Å². The van der Waals surface area contributed by atoms with E-state index in [4.69, 9.17) is 4.74 Å². The largest absolute Gasteiger partial charge is 0.470 e. The van der Waals surface area contributed by atoms with E-state index >= 15 is 0 Å². The Morgan fingerprint density at radius 3 is 3.09 bits per heavy atom. The van der Waals surface area contributed by atoms with Crippen molar-refractivity contribution in [1.82, 2.24) is 19.5 Å². The molecule has 0 unspecified atom stereocenters. The van der Waals surface area contributed by atoms with Crippen LogP contribution in [0.5, 0.6) is 5.88 Å². The lowest BCUT2D eigenvalue weighted by Crippen LogP contribution is -2.56. The Morgan fingerprint density at radius 1 is 1.55 bits per heavy atom. The third-order valence-electron chi connectivity index (χ3n) is 3.38. The zero-order valence-electron chi connectivity index (χ0n) is 12.0. The monoisotopic (exact) mass is 382 g/mol. The second-order valence-electron chi connectivity index (χ2n) is 5.04. The molecule has 3 heterocycles. The van der Waals surface area contributed by atoms with Crippen LogP contribution in [0.1, 0.15) is 28.7 Å². The first-order valence-electron chi connectivity index (χ1n) is 7.06. The highest BCUT2D eigenvalue weighted by Gasteiger charge is 2.35. The first-order valence-corrected chi connectivity index (χ1v) is 8.63. The van der Waals surface area contributed by atoms with Crippen molar-refractivity contribution in [3.05, 3.63) is 33.4 Å². The van der Waals surface area contributed by atoms with E-state index in [0.29, 0.717) is 23.8 Å². The van der Waals surface area contributed by atoms with Crippen LogP contribution < -0.4 is 4.74 Å². The minimum Gasteiger partial charge on any atom is -0.470 e. The SMILES string of the molecule is CCCc1nnsc1C(=O)N1CC(Oc2ncccc2Br)C1. The zero-order valence-corrected chi connectivity index (χ0v) is 14.4. The van der Waals surface area contributed by atoms with E-state index in [-0.39, 0.29) is 12.0 Å². The Labute approximate surface area is 140 Å². The molecule has 1 amide bonds. The summed E-state index contributed by atoms with van der Waals surface area (Å²) in [5, 5.41) is 4.04. The second-order valence-corrected chi connectivity index (χ2v) is 6.65. The van der Waals surface area contributed by atoms with Crippen LogP contribution in [0.2, 0.25) is 0 Å². The summed E-state index contributed by atoms with van der Waals surface area (Å²) in [7, 11) is 0. The summed E-state index contributed by atoms with van der Waals surface area (Å²) in [6, 6.07) is 3.71. The summed E-state index contributed by atoms with van der Waals surface area (Å²) in [6.45, 7) is 3.18. The molecule has 1 fully saturated rings. The van der Waals surface area contributed by atoms with Crippen LogP contribution in [0.25, 0.3) is 0 Å². The lowest BCUT2D eigenvalue weighted by atomic mass is 10.1. The summed E-state index contributed by atoms with van der Waals surface area (Å²) < 4.78 is 10.5. The number of carbonyl (C=O) groups is 1. The van der Waals surface area contributed by atoms with Gasteiger partial charge in [-0.3, -0.25) is 4.79 Å². The molecule has 3 rings (SSSR count). The molecular formula is C14H15BrN4O2S. The molecule has 1 aliphatic rings. The van der Waals surface area contributed by atoms with Crippen LogP contribution in [-0.2, 0) is 6.42 Å². The summed E-state index contributed by atoms with van der Waals surface area (Å²) in [6.07, 6.45) is 3.39. The molecule has 1 saturated heterocycles. The molecule has 1 aliphatic heterocycles. The van der Waals surface area contributed by atoms with Crippen LogP contribution in [0.4, 0.5) is 0 Å². The van der Waals surface area contributed by atoms with Gasteiger partial charge in [-0.2, -0.15) is 0 Å². The number of ether oxygens (including phenoxy) is 1. The molecule has 0 radical (unpaired) electrons. The number of rotatable bonds is 5. The van der Waals surface area contributed by atoms with E-state index in [0.717, 1.165) is 23.0 Å². The van der Waals surface area contributed by atoms with E-state index in [2.05, 4.69) is 37.4 Å². The maximum atomic E-state index is 12.4. The van der Waals surface area contributed by atoms with Crippen molar-refractivity contribution in [2.45, 2.75) is 25.9 Å². The number of hydrogen-bond donors (Lipinski definition) is 0. The van der Waals surface area contributed by atoms with E-state index in [9.17, 15) is 4.79 Å². The van der Waals surface area contributed by atoms with Crippen LogP contribution >= 0.6 is 27.5 Å². The van der Waals surface area contributed by atoms with E-state index in [1.807, 2.05) is 12.1 Å². The van der Waals surface area contributed by atoms with E-state index in [1.54, 1.807) is 11.1 Å². The fourth-order valence-corrected chi connectivity index (χ4v) is 3.23. The predicted octanol–water partition coefficient (Wildman–Crippen LogP) is 2.55. The normalized spacial score (nSPS) is 14.7. The third-order valence-corrected chi connectivity index (χ3v) is 4.73. The highest BCUT2D eigenvalue weighted by Crippen LogP contribution is 2.26. The van der Waals surface area contributed by atoms with Crippen molar-refractivity contribution in [3.63, 3.8) is 0 Å². The number of aryl methyl sites for hydroxylation is 1. The van der Waals surface area contributed by atoms with Crippen molar-refractivity contribution < 1.29 is 9.53 Å². The van der Waals surface area contributed by atoms with Crippen LogP contribution in [-0.4, -0.2) is 44.6 Å². The van der Waals surface area contributed by atoms with Gasteiger partial charge in [0.25, 0.3) is 5.91 Å². The minimum absolute atomic E-state index is 0.00149. The predicted molar refractivity (Wildman–Crippen MR) is 86.2 cm³/mol. The Bertz CT molecular complexity index is 672. The molecule has 0 aromatic carbocycles. The van der Waals surface area contributed by atoms with Gasteiger partial charge in [-0.15, -0.1) is 5.10 Å². The number of likely N-dealkylation sites (tertiary alicyclic amines) is 1. The summed E-state index contributed by atoms with van der Waals surface area (Å²) in [4.78, 5) is 19.0. The number of hydrogen-bond acceptors (Lipinski definition) is 6. The Kier molecular flexibility index (Phi) is 4.68. The van der Waals surface area contributed by atoms with Gasteiger partial charge in [-0.25, -0.2) is 4.98 Å². The van der Waals surface area contributed by atoms with Crippen molar-refractivity contribution in [2.24, 2.45) is 0 Å². The van der Waals surface area contributed by atoms with Gasteiger partial charge >= 0.3 is 0 Å². The van der Waals surface area contributed by atoms with Gasteiger partial charge in [0.2, 0.25) is 5.88 Å². The molecule has 0 aliphatic carbocycles. The topological polar surface area (TPSA) is 68.2 Å². The van der Waals surface area contributed by atoms with Gasteiger partial charge in [0.1, 0.15) is 11.0 Å². The number of aromatic nitrogens is 3. The fourth-order valence-electron chi connectivity index (χ4n) is 2.21. The molecule has 0 N–H and O–H groups in total. The number of pyridine rings is 1. The van der Waals surface area contributed by atoms with Crippen molar-refractivity contribution in [1.29, 1.82) is 0 Å². The average Bonchev–Trinajstić information content (AvgIpc) is 2.92. The molecule has 0 saturated carbocycles. The Balaban J connectivity index is 1.58. The molecule has 116 valence electrons. The molecule has 2 aromatic heterocycles. The number of amides is 1. The van der Waals surface area contributed by atoms with Gasteiger partial charge in [0, 0.05) is 6.20 Å². The van der Waals surface area contributed by atoms with Crippen LogP contribution in [0, 0.1) is 0 Å². The molecule has 2 aromatic rings. The second kappa shape index (κ2) is 6.70. The Hall–Kier alpha value is -1.54. The maximum absolute atomic E-state index is 12.4. The highest BCUT2D eigenvalue weighted by atomic mass is 79.9. The lowest BCUT2D eigenvalue weighted by Gasteiger charge is -2.38. The standard InChI is InChI=1S/C14H15BrN4O2S/c1-2-4-11-12(22-18-17-11)14(20)19-7-9(8-19)21-13-10(15)5-3-6-16-13/h3,5-6,9H,2,4,7-8H2,1H3. The smallest absolute Gasteiger partial charge is 0.267 e. The number of nitrogens with zero attached hydrogens (tertiary/aromatic N) is 4. The molecular weight excluding hydrogens is 368 g/mol. The van der Waals surface area contributed by atoms with Crippen molar-refractivity contribution in [3.8, 4) is 5.88 Å². The minimum atomic E-state index is -0.0225. The molecule has 0 atom stereocenters. The van der Waals surface area contributed by atoms with Crippen molar-refractivity contribution in [2.75, 3.05) is 13.1 Å². The molecule has 8 heteroatoms. The van der Waals surface area contributed by atoms with E-state index < -0.39 is 0 Å². The van der Waals surface area contributed by atoms with Gasteiger partial charge in [0.15, 0.2) is 0 Å². The highest BCUT2D eigenvalue weighted by molar-refractivity contribution is 9.10. The molecule has 22 heavy (non-hydrogen) atoms. The van der Waals surface area contributed by atoms with Gasteiger partial charge in [-0.1, -0.05) is 17.8 Å². The first kappa shape index (κ1) is 15.4. The van der Waals surface area contributed by atoms with Crippen molar-refractivity contribution >= 4 is 33.4 Å². The first-order chi connectivity index (χ1) is 10.7. The van der Waals surface area contributed by atoms with Gasteiger partial charge < -0.3 is 9.64 Å². The zero-order chi connectivity index (χ0) is 15.5. The third kappa shape index (κ3) is 3.12. The number of halogens is 1. The summed E-state index contributed by atoms with van der Waals surface area (Å²) in [5.41, 5.74) is 0.800. The molecule has 0 bridgehead atoms. The Morgan fingerprint density at radius 2 is 2.36 bits per heavy atom. The number of carbonyl (C=O) groups excluding carboxylic acids is 1. The quantitative estimate of drug-likeness (QED) is 0.794. The fraction of sp³-hybridized carbons (Fsp3) is 0.429.